The number of hydrogen-bond acceptors (Lipinski definition) is 3. The second-order valence-electron chi connectivity index (χ2n) is 5.44. The van der Waals surface area contributed by atoms with Crippen molar-refractivity contribution in [1.29, 1.82) is 0 Å². The molecule has 0 amide bonds. The molecule has 0 aliphatic rings. The fraction of sp³-hybridized carbons (Fsp3) is 0.125. The van der Waals surface area contributed by atoms with Crippen LogP contribution in [-0.2, 0) is 9.84 Å². The summed E-state index contributed by atoms with van der Waals surface area (Å²) in [5.74, 6) is 0. The average Bonchev–Trinajstić information content (AvgIpc) is 2.78. The lowest BCUT2D eigenvalue weighted by molar-refractivity contribution is 0.596. The van der Waals surface area contributed by atoms with Gasteiger partial charge in [-0.3, -0.25) is 0 Å². The van der Waals surface area contributed by atoms with E-state index >= 15 is 0 Å². The molecule has 0 aliphatic heterocycles. The molecule has 3 aromatic rings. The van der Waals surface area contributed by atoms with E-state index in [0.717, 1.165) is 11.1 Å². The zero-order chi connectivity index (χ0) is 16.9. The smallest absolute Gasteiger partial charge is 0.210 e. The van der Waals surface area contributed by atoms with Gasteiger partial charge in [0.05, 0.1) is 25.5 Å². The maximum absolute atomic E-state index is 13.1. The second-order valence-corrected chi connectivity index (χ2v) is 8.11. The number of fused-ring (bicyclic) bond motifs is 1. The Balaban J connectivity index is 2.36. The summed E-state index contributed by atoms with van der Waals surface area (Å²) in [5, 5.41) is 0.835. The summed E-state index contributed by atoms with van der Waals surface area (Å²) in [4.78, 5) is 3.25. The molecule has 0 unspecified atom stereocenters. The summed E-state index contributed by atoms with van der Waals surface area (Å²) in [6.45, 7) is 3.63. The summed E-state index contributed by atoms with van der Waals surface area (Å²) in [6.07, 6.45) is 0. The lowest BCUT2D eigenvalue weighted by Gasteiger charge is -2.09. The SMILES string of the molecule is Cc1ccc2[nH]c(C)c(S(=O)(=O)c3cc(Cl)c(N)cc3Cl)c2c1. The quantitative estimate of drug-likeness (QED) is 0.653. The summed E-state index contributed by atoms with van der Waals surface area (Å²) in [6, 6.07) is 8.25. The number of benzene rings is 2. The number of anilines is 1. The molecule has 0 atom stereocenters. The lowest BCUT2D eigenvalue weighted by atomic mass is 10.2. The van der Waals surface area contributed by atoms with Gasteiger partial charge < -0.3 is 10.7 Å². The van der Waals surface area contributed by atoms with E-state index in [2.05, 4.69) is 4.98 Å². The van der Waals surface area contributed by atoms with Gasteiger partial charge in [0, 0.05) is 16.6 Å². The molecule has 0 saturated carbocycles. The largest absolute Gasteiger partial charge is 0.397 e. The first-order chi connectivity index (χ1) is 10.7. The van der Waals surface area contributed by atoms with E-state index in [9.17, 15) is 8.42 Å². The number of nitrogens with two attached hydrogens (primary N) is 1. The Kier molecular flexibility index (Phi) is 3.83. The van der Waals surface area contributed by atoms with E-state index in [1.165, 1.54) is 12.1 Å². The average molecular weight is 369 g/mol. The number of aryl methyl sites for hydroxylation is 2. The molecule has 0 saturated heterocycles. The molecular formula is C16H14Cl2N2O2S. The van der Waals surface area contributed by atoms with Crippen LogP contribution in [0.5, 0.6) is 0 Å². The van der Waals surface area contributed by atoms with Gasteiger partial charge in [0.2, 0.25) is 9.84 Å². The van der Waals surface area contributed by atoms with Crippen molar-refractivity contribution >= 4 is 49.6 Å². The monoisotopic (exact) mass is 368 g/mol. The number of halogens is 2. The molecule has 23 heavy (non-hydrogen) atoms. The Morgan fingerprint density at radius 3 is 2.43 bits per heavy atom. The van der Waals surface area contributed by atoms with Gasteiger partial charge in [0.25, 0.3) is 0 Å². The number of aromatic amines is 1. The van der Waals surface area contributed by atoms with Gasteiger partial charge in [-0.25, -0.2) is 8.42 Å². The number of nitrogen functional groups attached to an aromatic ring is 1. The third kappa shape index (κ3) is 2.59. The fourth-order valence-electron chi connectivity index (χ4n) is 2.62. The molecule has 3 N–H and O–H groups in total. The van der Waals surface area contributed by atoms with E-state index < -0.39 is 9.84 Å². The van der Waals surface area contributed by atoms with Gasteiger partial charge >= 0.3 is 0 Å². The highest BCUT2D eigenvalue weighted by molar-refractivity contribution is 7.92. The standard InChI is InChI=1S/C16H14Cl2N2O2S/c1-8-3-4-14-10(5-8)16(9(2)20-14)23(21,22)15-7-11(17)13(19)6-12(15)18/h3-7,20H,19H2,1-2H3. The van der Waals surface area contributed by atoms with E-state index in [-0.39, 0.29) is 25.5 Å². The van der Waals surface area contributed by atoms with E-state index in [0.29, 0.717) is 11.1 Å². The lowest BCUT2D eigenvalue weighted by Crippen LogP contribution is -2.05. The molecule has 0 bridgehead atoms. The molecule has 1 aromatic heterocycles. The third-order valence-electron chi connectivity index (χ3n) is 3.69. The number of H-pyrrole nitrogens is 1. The molecule has 1 heterocycles. The van der Waals surface area contributed by atoms with Crippen LogP contribution in [0.15, 0.2) is 40.1 Å². The van der Waals surface area contributed by atoms with Crippen molar-refractivity contribution in [2.24, 2.45) is 0 Å². The molecule has 0 fully saturated rings. The van der Waals surface area contributed by atoms with Crippen molar-refractivity contribution in [2.45, 2.75) is 23.6 Å². The molecule has 2 aromatic carbocycles. The first-order valence-electron chi connectivity index (χ1n) is 6.80. The topological polar surface area (TPSA) is 76.0 Å². The van der Waals surface area contributed by atoms with Crippen molar-refractivity contribution in [1.82, 2.24) is 4.98 Å². The molecular weight excluding hydrogens is 355 g/mol. The van der Waals surface area contributed by atoms with E-state index in [1.807, 2.05) is 25.1 Å². The molecule has 3 rings (SSSR count). The van der Waals surface area contributed by atoms with Crippen LogP contribution in [0.1, 0.15) is 11.3 Å². The van der Waals surface area contributed by atoms with Crippen LogP contribution in [-0.4, -0.2) is 13.4 Å². The van der Waals surface area contributed by atoms with Gasteiger partial charge in [-0.15, -0.1) is 0 Å². The van der Waals surface area contributed by atoms with E-state index in [1.54, 1.807) is 6.92 Å². The Bertz CT molecular complexity index is 1040. The predicted octanol–water partition coefficient (Wildman–Crippen LogP) is 4.51. The highest BCUT2D eigenvalue weighted by atomic mass is 35.5. The minimum atomic E-state index is -3.84. The summed E-state index contributed by atoms with van der Waals surface area (Å²) in [5.41, 5.74) is 8.18. The first-order valence-corrected chi connectivity index (χ1v) is 9.04. The predicted molar refractivity (Wildman–Crippen MR) is 94.1 cm³/mol. The zero-order valence-corrected chi connectivity index (χ0v) is 14.8. The zero-order valence-electron chi connectivity index (χ0n) is 12.4. The van der Waals surface area contributed by atoms with Crippen molar-refractivity contribution in [3.05, 3.63) is 51.6 Å². The fourth-order valence-corrected chi connectivity index (χ4v) is 5.05. The van der Waals surface area contributed by atoms with Crippen LogP contribution in [0.3, 0.4) is 0 Å². The van der Waals surface area contributed by atoms with Crippen LogP contribution in [0.25, 0.3) is 10.9 Å². The minimum Gasteiger partial charge on any atom is -0.397 e. The molecule has 0 radical (unpaired) electrons. The number of hydrogen-bond donors (Lipinski definition) is 2. The maximum atomic E-state index is 13.1. The van der Waals surface area contributed by atoms with Gasteiger partial charge in [0.15, 0.2) is 0 Å². The number of rotatable bonds is 2. The Labute approximate surface area is 144 Å². The number of sulfone groups is 1. The van der Waals surface area contributed by atoms with Gasteiger partial charge in [-0.1, -0.05) is 34.8 Å². The van der Waals surface area contributed by atoms with Gasteiger partial charge in [-0.05, 0) is 38.1 Å². The van der Waals surface area contributed by atoms with Crippen molar-refractivity contribution in [3.63, 3.8) is 0 Å². The molecule has 0 spiro atoms. The Morgan fingerprint density at radius 1 is 1.04 bits per heavy atom. The van der Waals surface area contributed by atoms with Crippen LogP contribution >= 0.6 is 23.2 Å². The highest BCUT2D eigenvalue weighted by Gasteiger charge is 2.27. The van der Waals surface area contributed by atoms with Crippen LogP contribution in [0.2, 0.25) is 10.0 Å². The molecule has 0 aliphatic carbocycles. The van der Waals surface area contributed by atoms with Crippen LogP contribution in [0.4, 0.5) is 5.69 Å². The normalized spacial score (nSPS) is 12.0. The second kappa shape index (κ2) is 5.44. The summed E-state index contributed by atoms with van der Waals surface area (Å²) < 4.78 is 26.2. The van der Waals surface area contributed by atoms with Crippen LogP contribution in [0, 0.1) is 13.8 Å². The third-order valence-corrected chi connectivity index (χ3v) is 6.42. The van der Waals surface area contributed by atoms with E-state index in [4.69, 9.17) is 28.9 Å². The van der Waals surface area contributed by atoms with Crippen molar-refractivity contribution < 1.29 is 8.42 Å². The maximum Gasteiger partial charge on any atom is 0.210 e. The van der Waals surface area contributed by atoms with Crippen LogP contribution < -0.4 is 5.73 Å². The molecule has 4 nitrogen and oxygen atoms in total. The molecule has 120 valence electrons. The van der Waals surface area contributed by atoms with Crippen molar-refractivity contribution in [3.8, 4) is 0 Å². The minimum absolute atomic E-state index is 0.0494. The number of nitrogens with one attached hydrogen (secondary N) is 1. The van der Waals surface area contributed by atoms with Gasteiger partial charge in [-0.2, -0.15) is 0 Å². The van der Waals surface area contributed by atoms with Crippen molar-refractivity contribution in [2.75, 3.05) is 5.73 Å². The highest BCUT2D eigenvalue weighted by Crippen LogP contribution is 2.37. The first kappa shape index (κ1) is 16.2. The number of aromatic nitrogens is 1. The summed E-state index contributed by atoms with van der Waals surface area (Å²) in [7, 11) is -3.84. The Hall–Kier alpha value is -1.69. The summed E-state index contributed by atoms with van der Waals surface area (Å²) >= 11 is 12.1. The Morgan fingerprint density at radius 2 is 1.74 bits per heavy atom. The molecule has 7 heteroatoms. The van der Waals surface area contributed by atoms with Gasteiger partial charge in [0.1, 0.15) is 0 Å².